The van der Waals surface area contributed by atoms with E-state index < -0.39 is 8.07 Å². The maximum atomic E-state index is 5.72. The molecule has 0 aliphatic rings. The molecule has 17 heavy (non-hydrogen) atoms. The molecule has 0 spiro atoms. The van der Waals surface area contributed by atoms with E-state index in [-0.39, 0.29) is 0 Å². The summed E-state index contributed by atoms with van der Waals surface area (Å²) >= 11 is 0. The van der Waals surface area contributed by atoms with E-state index in [4.69, 9.17) is 4.74 Å². The predicted octanol–water partition coefficient (Wildman–Crippen LogP) is 3.35. The molecule has 0 radical (unpaired) electrons. The van der Waals surface area contributed by atoms with E-state index in [0.717, 1.165) is 17.6 Å². The van der Waals surface area contributed by atoms with E-state index in [1.54, 1.807) is 0 Å². The van der Waals surface area contributed by atoms with Crippen molar-refractivity contribution in [1.29, 1.82) is 0 Å². The van der Waals surface area contributed by atoms with E-state index in [9.17, 15) is 0 Å². The zero-order valence-electron chi connectivity index (χ0n) is 10.8. The van der Waals surface area contributed by atoms with Crippen LogP contribution < -0.4 is 0 Å². The quantitative estimate of drug-likeness (QED) is 0.599. The highest BCUT2D eigenvalue weighted by molar-refractivity contribution is 6.76. The molecule has 1 aromatic heterocycles. The SMILES string of the molecule is C[Si](C)(C)CCOCn1cnc2ccccc21. The molecule has 0 bridgehead atoms. The van der Waals surface area contributed by atoms with Gasteiger partial charge in [0, 0.05) is 14.7 Å². The fraction of sp³-hybridized carbons (Fsp3) is 0.462. The summed E-state index contributed by atoms with van der Waals surface area (Å²) in [5, 5.41) is 0. The summed E-state index contributed by atoms with van der Waals surface area (Å²) in [4.78, 5) is 4.34. The van der Waals surface area contributed by atoms with Crippen LogP contribution in [0.4, 0.5) is 0 Å². The van der Waals surface area contributed by atoms with Gasteiger partial charge in [-0.25, -0.2) is 4.98 Å². The third-order valence-corrected chi connectivity index (χ3v) is 4.46. The lowest BCUT2D eigenvalue weighted by Crippen LogP contribution is -2.21. The highest BCUT2D eigenvalue weighted by Crippen LogP contribution is 2.12. The number of hydrogen-bond donors (Lipinski definition) is 0. The van der Waals surface area contributed by atoms with E-state index >= 15 is 0 Å². The van der Waals surface area contributed by atoms with Crippen LogP contribution in [-0.2, 0) is 11.5 Å². The van der Waals surface area contributed by atoms with E-state index in [1.165, 1.54) is 6.04 Å². The topological polar surface area (TPSA) is 27.1 Å². The van der Waals surface area contributed by atoms with Gasteiger partial charge in [-0.3, -0.25) is 0 Å². The van der Waals surface area contributed by atoms with Crippen LogP contribution in [0.5, 0.6) is 0 Å². The van der Waals surface area contributed by atoms with E-state index in [1.807, 2.05) is 24.5 Å². The molecular formula is C13H20N2OSi. The maximum Gasteiger partial charge on any atom is 0.124 e. The third-order valence-electron chi connectivity index (χ3n) is 2.75. The van der Waals surface area contributed by atoms with Crippen LogP contribution in [0.2, 0.25) is 25.7 Å². The second-order valence-electron chi connectivity index (χ2n) is 5.55. The Morgan fingerprint density at radius 3 is 2.76 bits per heavy atom. The van der Waals surface area contributed by atoms with Crippen LogP contribution in [0.1, 0.15) is 0 Å². The highest BCUT2D eigenvalue weighted by Gasteiger charge is 2.12. The average molecular weight is 248 g/mol. The molecule has 0 atom stereocenters. The third kappa shape index (κ3) is 3.41. The molecule has 1 aromatic carbocycles. The van der Waals surface area contributed by atoms with Gasteiger partial charge in [-0.2, -0.15) is 0 Å². The summed E-state index contributed by atoms with van der Waals surface area (Å²) in [6.45, 7) is 8.54. The van der Waals surface area contributed by atoms with Crippen LogP contribution >= 0.6 is 0 Å². The van der Waals surface area contributed by atoms with Gasteiger partial charge in [0.1, 0.15) is 6.73 Å². The fourth-order valence-corrected chi connectivity index (χ4v) is 2.41. The maximum absolute atomic E-state index is 5.72. The van der Waals surface area contributed by atoms with Gasteiger partial charge in [0.15, 0.2) is 0 Å². The molecule has 2 aromatic rings. The van der Waals surface area contributed by atoms with Crippen LogP contribution in [-0.4, -0.2) is 24.2 Å². The van der Waals surface area contributed by atoms with Crippen molar-refractivity contribution in [3.05, 3.63) is 30.6 Å². The van der Waals surface area contributed by atoms with Crippen molar-refractivity contribution in [2.45, 2.75) is 32.4 Å². The second kappa shape index (κ2) is 5.02. The van der Waals surface area contributed by atoms with Crippen molar-refractivity contribution in [1.82, 2.24) is 9.55 Å². The average Bonchev–Trinajstić information content (AvgIpc) is 2.67. The van der Waals surface area contributed by atoms with Gasteiger partial charge < -0.3 is 9.30 Å². The summed E-state index contributed by atoms with van der Waals surface area (Å²) in [6.07, 6.45) is 1.85. The zero-order valence-corrected chi connectivity index (χ0v) is 11.8. The summed E-state index contributed by atoms with van der Waals surface area (Å²) in [6, 6.07) is 9.34. The molecule has 4 heteroatoms. The molecule has 1 heterocycles. The molecule has 0 unspecified atom stereocenters. The Morgan fingerprint density at radius 2 is 2.00 bits per heavy atom. The molecule has 0 fully saturated rings. The van der Waals surface area contributed by atoms with Gasteiger partial charge in [-0.15, -0.1) is 0 Å². The van der Waals surface area contributed by atoms with Gasteiger partial charge >= 0.3 is 0 Å². The Bertz CT molecular complexity index is 487. The Morgan fingerprint density at radius 1 is 1.24 bits per heavy atom. The smallest absolute Gasteiger partial charge is 0.124 e. The summed E-state index contributed by atoms with van der Waals surface area (Å²) in [5.41, 5.74) is 2.17. The minimum atomic E-state index is -0.983. The lowest BCUT2D eigenvalue weighted by Gasteiger charge is -2.15. The molecule has 0 saturated carbocycles. The van der Waals surface area contributed by atoms with Gasteiger partial charge in [0.25, 0.3) is 0 Å². The standard InChI is InChI=1S/C13H20N2OSi/c1-17(2,3)9-8-16-11-15-10-14-12-6-4-5-7-13(12)15/h4-7,10H,8-9,11H2,1-3H3. The van der Waals surface area contributed by atoms with Crippen molar-refractivity contribution >= 4 is 19.1 Å². The number of rotatable bonds is 5. The van der Waals surface area contributed by atoms with Crippen molar-refractivity contribution in [2.75, 3.05) is 6.61 Å². The van der Waals surface area contributed by atoms with Crippen LogP contribution in [0, 0.1) is 0 Å². The number of fused-ring (bicyclic) bond motifs is 1. The van der Waals surface area contributed by atoms with Crippen molar-refractivity contribution in [3.8, 4) is 0 Å². The first kappa shape index (κ1) is 12.3. The molecule has 92 valence electrons. The molecule has 0 saturated heterocycles. The lowest BCUT2D eigenvalue weighted by atomic mass is 10.3. The molecular weight excluding hydrogens is 228 g/mol. The summed E-state index contributed by atoms with van der Waals surface area (Å²) < 4.78 is 7.77. The second-order valence-corrected chi connectivity index (χ2v) is 11.2. The Balaban J connectivity index is 1.91. The Hall–Kier alpha value is -1.13. The van der Waals surface area contributed by atoms with Crippen LogP contribution in [0.15, 0.2) is 30.6 Å². The normalized spacial score (nSPS) is 12.2. The largest absolute Gasteiger partial charge is 0.361 e. The minimum absolute atomic E-state index is 0.602. The van der Waals surface area contributed by atoms with Gasteiger partial charge in [0.2, 0.25) is 0 Å². The molecule has 0 aliphatic heterocycles. The molecule has 0 N–H and O–H groups in total. The van der Waals surface area contributed by atoms with Crippen molar-refractivity contribution in [3.63, 3.8) is 0 Å². The number of imidazole rings is 1. The first-order chi connectivity index (χ1) is 8.06. The minimum Gasteiger partial charge on any atom is -0.361 e. The van der Waals surface area contributed by atoms with Crippen LogP contribution in [0.25, 0.3) is 11.0 Å². The zero-order chi connectivity index (χ0) is 12.3. The lowest BCUT2D eigenvalue weighted by molar-refractivity contribution is 0.0898. The monoisotopic (exact) mass is 248 g/mol. The first-order valence-corrected chi connectivity index (χ1v) is 9.75. The molecule has 3 nitrogen and oxygen atoms in total. The number of benzene rings is 1. The van der Waals surface area contributed by atoms with Gasteiger partial charge in [0.05, 0.1) is 17.4 Å². The Labute approximate surface area is 103 Å². The van der Waals surface area contributed by atoms with Gasteiger partial charge in [-0.05, 0) is 18.2 Å². The predicted molar refractivity (Wildman–Crippen MR) is 73.8 cm³/mol. The summed E-state index contributed by atoms with van der Waals surface area (Å²) in [5.74, 6) is 0. The fourth-order valence-electron chi connectivity index (χ4n) is 1.65. The van der Waals surface area contributed by atoms with Crippen LogP contribution in [0.3, 0.4) is 0 Å². The highest BCUT2D eigenvalue weighted by atomic mass is 28.3. The number of nitrogens with zero attached hydrogens (tertiary/aromatic N) is 2. The Kier molecular flexibility index (Phi) is 3.64. The molecule has 0 amide bonds. The number of para-hydroxylation sites is 2. The summed E-state index contributed by atoms with van der Waals surface area (Å²) in [7, 11) is -0.983. The van der Waals surface area contributed by atoms with E-state index in [0.29, 0.717) is 6.73 Å². The molecule has 2 rings (SSSR count). The van der Waals surface area contributed by atoms with Crippen molar-refractivity contribution in [2.24, 2.45) is 0 Å². The van der Waals surface area contributed by atoms with Gasteiger partial charge in [-0.1, -0.05) is 31.8 Å². The van der Waals surface area contributed by atoms with E-state index in [2.05, 4.69) is 35.3 Å². The molecule has 0 aliphatic carbocycles. The first-order valence-electron chi connectivity index (χ1n) is 6.04. The van der Waals surface area contributed by atoms with Crippen molar-refractivity contribution < 1.29 is 4.74 Å². The number of aromatic nitrogens is 2. The number of ether oxygens (including phenoxy) is 1. The number of hydrogen-bond acceptors (Lipinski definition) is 2.